The van der Waals surface area contributed by atoms with Crippen LogP contribution in [0.5, 0.6) is 0 Å². The van der Waals surface area contributed by atoms with Gasteiger partial charge >= 0.3 is 0 Å². The molecule has 1 saturated heterocycles. The normalized spacial score (nSPS) is 21.1. The van der Waals surface area contributed by atoms with Crippen LogP contribution in [0.2, 0.25) is 0 Å². The van der Waals surface area contributed by atoms with Gasteiger partial charge in [-0.15, -0.1) is 0 Å². The second kappa shape index (κ2) is 8.76. The maximum absolute atomic E-state index is 12.5. The highest BCUT2D eigenvalue weighted by atomic mass is 16.2. The Balaban J connectivity index is 1.50. The van der Waals surface area contributed by atoms with Crippen LogP contribution in [0, 0.1) is 25.7 Å². The zero-order valence-electron chi connectivity index (χ0n) is 17.4. The van der Waals surface area contributed by atoms with Crippen LogP contribution in [0.3, 0.4) is 0 Å². The van der Waals surface area contributed by atoms with Gasteiger partial charge in [0, 0.05) is 25.7 Å². The van der Waals surface area contributed by atoms with Crippen molar-refractivity contribution in [2.75, 3.05) is 25.5 Å². The first kappa shape index (κ1) is 21.0. The van der Waals surface area contributed by atoms with E-state index >= 15 is 0 Å². The third kappa shape index (κ3) is 4.66. The molecule has 4 amide bonds. The number of fused-ring (bicyclic) bond motifs is 1. The molecule has 1 N–H and O–H groups in total. The maximum atomic E-state index is 12.5. The molecule has 0 bridgehead atoms. The zero-order chi connectivity index (χ0) is 21.1. The number of hydrogen-bond acceptors (Lipinski definition) is 4. The quantitative estimate of drug-likeness (QED) is 0.744. The van der Waals surface area contributed by atoms with Gasteiger partial charge in [-0.05, 0) is 43.9 Å². The summed E-state index contributed by atoms with van der Waals surface area (Å²) >= 11 is 0. The van der Waals surface area contributed by atoms with Gasteiger partial charge in [0.1, 0.15) is 0 Å². The van der Waals surface area contributed by atoms with Crippen LogP contribution in [-0.4, -0.2) is 53.6 Å². The number of amides is 4. The number of hydrogen-bond donors (Lipinski definition) is 1. The smallest absolute Gasteiger partial charge is 0.243 e. The number of imide groups is 1. The highest BCUT2D eigenvalue weighted by molar-refractivity contribution is 6.05. The fourth-order valence-corrected chi connectivity index (χ4v) is 4.21. The van der Waals surface area contributed by atoms with Crippen LogP contribution in [0.1, 0.15) is 43.2 Å². The lowest BCUT2D eigenvalue weighted by atomic mass is 9.81. The van der Waals surface area contributed by atoms with E-state index in [1.807, 2.05) is 32.0 Å². The first-order valence-electron chi connectivity index (χ1n) is 10.2. The fraction of sp³-hybridized carbons (Fsp3) is 0.545. The van der Waals surface area contributed by atoms with Crippen molar-refractivity contribution in [3.8, 4) is 0 Å². The van der Waals surface area contributed by atoms with Gasteiger partial charge in [-0.25, -0.2) is 0 Å². The SMILES string of the molecule is Cc1ccc(C)c(NC(=O)CN(C)C(=O)CCN2C(=O)[C@H]3CCCC[C@@H]3C2=O)c1. The van der Waals surface area contributed by atoms with Crippen LogP contribution in [0.15, 0.2) is 18.2 Å². The average molecular weight is 399 g/mol. The Labute approximate surface area is 171 Å². The molecule has 2 fully saturated rings. The predicted octanol–water partition coefficient (Wildman–Crippen LogP) is 2.27. The Morgan fingerprint density at radius 2 is 1.72 bits per heavy atom. The van der Waals surface area contributed by atoms with Crippen LogP contribution >= 0.6 is 0 Å². The predicted molar refractivity (Wildman–Crippen MR) is 109 cm³/mol. The van der Waals surface area contributed by atoms with Crippen molar-refractivity contribution in [3.05, 3.63) is 29.3 Å². The summed E-state index contributed by atoms with van der Waals surface area (Å²) in [7, 11) is 1.55. The van der Waals surface area contributed by atoms with Crippen LogP contribution in [0.4, 0.5) is 5.69 Å². The molecule has 7 heteroatoms. The number of benzene rings is 1. The standard InChI is InChI=1S/C22H29N3O4/c1-14-8-9-15(2)18(12-14)23-19(26)13-24(3)20(27)10-11-25-21(28)16-6-4-5-7-17(16)22(25)29/h8-9,12,16-17H,4-7,10-11,13H2,1-3H3,(H,23,26)/t16-,17-/m0/s1. The van der Waals surface area contributed by atoms with Crippen LogP contribution in [-0.2, 0) is 19.2 Å². The Hall–Kier alpha value is -2.70. The molecule has 1 heterocycles. The highest BCUT2D eigenvalue weighted by Gasteiger charge is 2.47. The first-order chi connectivity index (χ1) is 13.8. The topological polar surface area (TPSA) is 86.8 Å². The highest BCUT2D eigenvalue weighted by Crippen LogP contribution is 2.37. The van der Waals surface area contributed by atoms with Crippen molar-refractivity contribution < 1.29 is 19.2 Å². The third-order valence-electron chi connectivity index (χ3n) is 5.96. The molecule has 1 aliphatic heterocycles. The van der Waals surface area contributed by atoms with Crippen LogP contribution < -0.4 is 5.32 Å². The van der Waals surface area contributed by atoms with Crippen LogP contribution in [0.25, 0.3) is 0 Å². The summed E-state index contributed by atoms with van der Waals surface area (Å²) in [5.41, 5.74) is 2.72. The number of rotatable bonds is 6. The number of likely N-dealkylation sites (tertiary alicyclic amines) is 1. The zero-order valence-corrected chi connectivity index (χ0v) is 17.4. The molecule has 2 atom stereocenters. The minimum absolute atomic E-state index is 0.0319. The molecule has 156 valence electrons. The largest absolute Gasteiger partial charge is 0.336 e. The first-order valence-corrected chi connectivity index (χ1v) is 10.2. The molecule has 3 rings (SSSR count). The van der Waals surface area contributed by atoms with Crippen molar-refractivity contribution in [3.63, 3.8) is 0 Å². The number of carbonyl (C=O) groups excluding carboxylic acids is 4. The van der Waals surface area contributed by atoms with Gasteiger partial charge in [-0.1, -0.05) is 25.0 Å². The lowest BCUT2D eigenvalue weighted by Crippen LogP contribution is -2.38. The number of anilines is 1. The molecule has 2 aliphatic rings. The molecule has 0 unspecified atom stereocenters. The van der Waals surface area contributed by atoms with Crippen molar-refractivity contribution in [1.29, 1.82) is 0 Å². The third-order valence-corrected chi connectivity index (χ3v) is 5.96. The van der Waals surface area contributed by atoms with E-state index in [1.54, 1.807) is 7.05 Å². The van der Waals surface area contributed by atoms with Crippen molar-refractivity contribution in [2.24, 2.45) is 11.8 Å². The summed E-state index contributed by atoms with van der Waals surface area (Å²) in [5.74, 6) is -1.23. The van der Waals surface area contributed by atoms with Gasteiger partial charge < -0.3 is 10.2 Å². The lowest BCUT2D eigenvalue weighted by molar-refractivity contribution is -0.141. The number of nitrogens with zero attached hydrogens (tertiary/aromatic N) is 2. The Morgan fingerprint density at radius 1 is 1.10 bits per heavy atom. The second-order valence-electron chi connectivity index (χ2n) is 8.19. The summed E-state index contributed by atoms with van der Waals surface area (Å²) in [6.45, 7) is 3.86. The molecule has 1 saturated carbocycles. The summed E-state index contributed by atoms with van der Waals surface area (Å²) < 4.78 is 0. The summed E-state index contributed by atoms with van der Waals surface area (Å²) in [4.78, 5) is 52.3. The molecule has 0 spiro atoms. The lowest BCUT2D eigenvalue weighted by Gasteiger charge is -2.20. The van der Waals surface area contributed by atoms with Gasteiger partial charge in [0.2, 0.25) is 23.6 Å². The van der Waals surface area contributed by atoms with Gasteiger partial charge in [0.25, 0.3) is 0 Å². The molecule has 0 aromatic heterocycles. The average Bonchev–Trinajstić information content (AvgIpc) is 2.93. The summed E-state index contributed by atoms with van der Waals surface area (Å²) in [5, 5.41) is 2.83. The number of nitrogens with one attached hydrogen (secondary N) is 1. The molecule has 29 heavy (non-hydrogen) atoms. The van der Waals surface area contributed by atoms with E-state index in [0.717, 1.165) is 42.5 Å². The monoisotopic (exact) mass is 399 g/mol. The summed E-state index contributed by atoms with van der Waals surface area (Å²) in [6.07, 6.45) is 3.51. The Kier molecular flexibility index (Phi) is 6.35. The van der Waals surface area contributed by atoms with E-state index in [9.17, 15) is 19.2 Å². The number of carbonyl (C=O) groups is 4. The van der Waals surface area contributed by atoms with Gasteiger partial charge in [0.05, 0.1) is 18.4 Å². The van der Waals surface area contributed by atoms with E-state index in [-0.39, 0.29) is 55.0 Å². The van der Waals surface area contributed by atoms with E-state index in [0.29, 0.717) is 0 Å². The number of likely N-dealkylation sites (N-methyl/N-ethyl adjacent to an activating group) is 1. The van der Waals surface area contributed by atoms with E-state index in [1.165, 1.54) is 9.80 Å². The Morgan fingerprint density at radius 3 is 2.34 bits per heavy atom. The van der Waals surface area contributed by atoms with Crippen molar-refractivity contribution in [1.82, 2.24) is 9.80 Å². The van der Waals surface area contributed by atoms with Crippen molar-refractivity contribution in [2.45, 2.75) is 46.0 Å². The van der Waals surface area contributed by atoms with Gasteiger partial charge in [0.15, 0.2) is 0 Å². The second-order valence-corrected chi connectivity index (χ2v) is 8.19. The van der Waals surface area contributed by atoms with E-state index < -0.39 is 0 Å². The fourth-order valence-electron chi connectivity index (χ4n) is 4.21. The molecule has 7 nitrogen and oxygen atoms in total. The molecule has 1 aromatic carbocycles. The van der Waals surface area contributed by atoms with E-state index in [4.69, 9.17) is 0 Å². The molecular weight excluding hydrogens is 370 g/mol. The molecule has 1 aromatic rings. The summed E-state index contributed by atoms with van der Waals surface area (Å²) in [6, 6.07) is 5.79. The van der Waals surface area contributed by atoms with Gasteiger partial charge in [-0.2, -0.15) is 0 Å². The minimum Gasteiger partial charge on any atom is -0.336 e. The Bertz CT molecular complexity index is 811. The molecular formula is C22H29N3O4. The van der Waals surface area contributed by atoms with Crippen molar-refractivity contribution >= 4 is 29.3 Å². The molecule has 1 aliphatic carbocycles. The van der Waals surface area contributed by atoms with Gasteiger partial charge in [-0.3, -0.25) is 24.1 Å². The maximum Gasteiger partial charge on any atom is 0.243 e. The van der Waals surface area contributed by atoms with E-state index in [2.05, 4.69) is 5.32 Å². The number of aryl methyl sites for hydroxylation is 2. The molecule has 0 radical (unpaired) electrons. The minimum atomic E-state index is -0.283.